The maximum Gasteiger partial charge on any atom is -0.0229 e. The first-order valence-electron chi connectivity index (χ1n) is 11.9. The third-order valence-electron chi connectivity index (χ3n) is 4.36. The smallest absolute Gasteiger partial charge is 0.0229 e. The van der Waals surface area contributed by atoms with Crippen LogP contribution in [0.25, 0.3) is 0 Å². The molecular formula is C24H53O2P2Ti. The molecule has 0 aromatic carbocycles. The average Bonchev–Trinajstić information content (AvgIpc) is 2.54. The van der Waals surface area contributed by atoms with Crippen molar-refractivity contribution < 1.29 is 30.1 Å². The fourth-order valence-corrected chi connectivity index (χ4v) is 5.57. The monoisotopic (exact) mass is 483 g/mol. The minimum absolute atomic E-state index is 0.417. The minimum Gasteiger partial charge on any atom is -0.116 e. The second-order valence-corrected chi connectivity index (χ2v) is 14.6. The van der Waals surface area contributed by atoms with Gasteiger partial charge in [0.2, 0.25) is 0 Å². The third-order valence-corrected chi connectivity index (χ3v) is 9.27. The molecule has 3 atom stereocenters. The van der Waals surface area contributed by atoms with Gasteiger partial charge in [0.25, 0.3) is 0 Å². The van der Waals surface area contributed by atoms with Crippen LogP contribution in [-0.2, 0) is 19.9 Å². The van der Waals surface area contributed by atoms with E-state index >= 15 is 0 Å². The van der Waals surface area contributed by atoms with Gasteiger partial charge in [-0.3, -0.25) is 0 Å². The van der Waals surface area contributed by atoms with E-state index in [-0.39, 0.29) is 0 Å². The molecule has 0 radical (unpaired) electrons. The van der Waals surface area contributed by atoms with Crippen LogP contribution < -0.4 is 10.2 Å². The first-order valence-corrected chi connectivity index (χ1v) is 16.4. The van der Waals surface area contributed by atoms with Crippen LogP contribution in [0.2, 0.25) is 0 Å². The summed E-state index contributed by atoms with van der Waals surface area (Å²) in [6.07, 6.45) is 11.0. The van der Waals surface area contributed by atoms with Gasteiger partial charge in [-0.05, 0) is 48.8 Å². The maximum atomic E-state index is 9.53. The molecule has 1 rings (SSSR count). The Morgan fingerprint density at radius 1 is 0.862 bits per heavy atom. The minimum atomic E-state index is -0.417. The molecule has 5 heteroatoms. The Morgan fingerprint density at radius 2 is 1.24 bits per heavy atom. The average molecular weight is 484 g/mol. The van der Waals surface area contributed by atoms with Crippen molar-refractivity contribution in [3.05, 3.63) is 0 Å². The predicted octanol–water partition coefficient (Wildman–Crippen LogP) is 6.65. The molecule has 0 aromatic rings. The van der Waals surface area contributed by atoms with Crippen molar-refractivity contribution in [2.45, 2.75) is 150 Å². The van der Waals surface area contributed by atoms with E-state index in [0.29, 0.717) is 0 Å². The van der Waals surface area contributed by atoms with E-state index in [1.54, 1.807) is 34.1 Å². The first kappa shape index (κ1) is 35.1. The molecule has 2 nitrogen and oxygen atoms in total. The molecule has 29 heavy (non-hydrogen) atoms. The molecule has 0 bridgehead atoms. The van der Waals surface area contributed by atoms with E-state index < -0.39 is 12.2 Å². The molecule has 3 unspecified atom stereocenters. The molecule has 1 aliphatic rings. The summed E-state index contributed by atoms with van der Waals surface area (Å²) in [7, 11) is 1.21. The SMILES string of the molecule is CC(C)[O-].CC(C)[O-].CC(C)[PH][Ti+2].CCCC1(CCC)CCCC(PC(C)C)C1. The third kappa shape index (κ3) is 29.5. The Morgan fingerprint density at radius 3 is 1.52 bits per heavy atom. The summed E-state index contributed by atoms with van der Waals surface area (Å²) in [5, 5.41) is 19.1. The molecule has 0 saturated heterocycles. The van der Waals surface area contributed by atoms with Crippen molar-refractivity contribution in [2.24, 2.45) is 5.41 Å². The van der Waals surface area contributed by atoms with Gasteiger partial charge in [-0.15, -0.1) is 20.8 Å². The molecule has 0 aromatic heterocycles. The van der Waals surface area contributed by atoms with Crippen LogP contribution >= 0.6 is 15.2 Å². The largest absolute Gasteiger partial charge is 0.116 e. The van der Waals surface area contributed by atoms with Crippen molar-refractivity contribution >= 4 is 15.2 Å². The van der Waals surface area contributed by atoms with Gasteiger partial charge in [-0.2, -0.15) is 0 Å². The summed E-state index contributed by atoms with van der Waals surface area (Å²) < 4.78 is 0. The van der Waals surface area contributed by atoms with Crippen LogP contribution in [0.5, 0.6) is 0 Å². The van der Waals surface area contributed by atoms with E-state index in [1.807, 2.05) is 0 Å². The van der Waals surface area contributed by atoms with Gasteiger partial charge in [0, 0.05) is 0 Å². The molecule has 0 heterocycles. The van der Waals surface area contributed by atoms with Gasteiger partial charge in [-0.25, -0.2) is 0 Å². The Labute approximate surface area is 200 Å². The second kappa shape index (κ2) is 22.7. The predicted molar refractivity (Wildman–Crippen MR) is 132 cm³/mol. The molecular weight excluding hydrogens is 430 g/mol. The molecule has 1 fully saturated rings. The van der Waals surface area contributed by atoms with Gasteiger partial charge in [0.1, 0.15) is 0 Å². The topological polar surface area (TPSA) is 46.1 Å². The van der Waals surface area contributed by atoms with Gasteiger partial charge in [-0.1, -0.05) is 74.7 Å². The van der Waals surface area contributed by atoms with Crippen LogP contribution in [0.4, 0.5) is 0 Å². The molecule has 1 aliphatic carbocycles. The Bertz CT molecular complexity index is 301. The van der Waals surface area contributed by atoms with Crippen LogP contribution in [-0.4, -0.2) is 29.2 Å². The fraction of sp³-hybridized carbons (Fsp3) is 1.00. The Balaban J connectivity index is -0.000000426. The zero-order valence-corrected chi connectivity index (χ0v) is 24.9. The number of rotatable bonds is 7. The van der Waals surface area contributed by atoms with Crippen molar-refractivity contribution in [3.63, 3.8) is 0 Å². The Hall–Kier alpha value is 1.49. The van der Waals surface area contributed by atoms with Gasteiger partial charge >= 0.3 is 46.0 Å². The quantitative estimate of drug-likeness (QED) is 0.301. The van der Waals surface area contributed by atoms with Crippen LogP contribution in [0.15, 0.2) is 0 Å². The van der Waals surface area contributed by atoms with E-state index in [9.17, 15) is 10.2 Å². The van der Waals surface area contributed by atoms with Crippen molar-refractivity contribution in [3.8, 4) is 0 Å². The normalized spacial score (nSPS) is 18.8. The van der Waals surface area contributed by atoms with E-state index in [0.717, 1.165) is 29.0 Å². The summed E-state index contributed by atoms with van der Waals surface area (Å²) in [5.41, 5.74) is 3.64. The van der Waals surface area contributed by atoms with Gasteiger partial charge < -0.3 is 10.2 Å². The fourth-order valence-electron chi connectivity index (χ4n) is 3.70. The molecule has 1 saturated carbocycles. The van der Waals surface area contributed by atoms with Crippen molar-refractivity contribution in [1.82, 2.24) is 0 Å². The summed E-state index contributed by atoms with van der Waals surface area (Å²) in [4.78, 5) is 0. The maximum absolute atomic E-state index is 9.53. The first-order chi connectivity index (χ1) is 13.4. The molecule has 0 amide bonds. The number of hydrogen-bond acceptors (Lipinski definition) is 2. The van der Waals surface area contributed by atoms with E-state index in [2.05, 4.69) is 61.5 Å². The molecule has 175 valence electrons. The summed E-state index contributed by atoms with van der Waals surface area (Å²) in [5.74, 6) is 0. The molecule has 0 N–H and O–H groups in total. The van der Waals surface area contributed by atoms with Gasteiger partial charge in [0.05, 0.1) is 0 Å². The number of hydrogen-bond donors (Lipinski definition) is 0. The van der Waals surface area contributed by atoms with Crippen molar-refractivity contribution in [1.29, 1.82) is 0 Å². The van der Waals surface area contributed by atoms with Crippen LogP contribution in [0, 0.1) is 5.41 Å². The Kier molecular flexibility index (Phi) is 27.4. The molecule has 0 spiro atoms. The summed E-state index contributed by atoms with van der Waals surface area (Å²) in [6.45, 7) is 21.6. The molecule has 0 aliphatic heterocycles. The zero-order chi connectivity index (χ0) is 23.5. The van der Waals surface area contributed by atoms with E-state index in [1.165, 1.54) is 53.5 Å². The summed E-state index contributed by atoms with van der Waals surface area (Å²) >= 11 is 2.23. The van der Waals surface area contributed by atoms with Crippen LogP contribution in [0.1, 0.15) is 121 Å². The standard InChI is InChI=1S/C15H31P.2C3H7O.C3H8P.Ti/c1-5-9-15(10-6-2)11-7-8-14(12-15)16-13(3)4;3*1-3(2)4;/h13-14,16H,5-12H2,1-4H3;2*3H,1-2H3;3-4H,1-2H3;/q;3*-1;+3. The van der Waals surface area contributed by atoms with Crippen LogP contribution in [0.3, 0.4) is 0 Å². The zero-order valence-electron chi connectivity index (χ0n) is 21.4. The summed E-state index contributed by atoms with van der Waals surface area (Å²) in [6, 6.07) is 0. The van der Waals surface area contributed by atoms with Crippen molar-refractivity contribution in [2.75, 3.05) is 0 Å². The van der Waals surface area contributed by atoms with E-state index in [4.69, 9.17) is 0 Å². The van der Waals surface area contributed by atoms with Gasteiger partial charge in [0.15, 0.2) is 0 Å². The second-order valence-electron chi connectivity index (χ2n) is 9.51.